The summed E-state index contributed by atoms with van der Waals surface area (Å²) in [4.78, 5) is 12.0. The summed E-state index contributed by atoms with van der Waals surface area (Å²) >= 11 is 0. The van der Waals surface area contributed by atoms with E-state index in [2.05, 4.69) is 5.32 Å². The molecule has 0 aliphatic carbocycles. The van der Waals surface area contributed by atoms with E-state index in [0.29, 0.717) is 17.3 Å². The highest BCUT2D eigenvalue weighted by molar-refractivity contribution is 7.88. The van der Waals surface area contributed by atoms with E-state index in [1.807, 2.05) is 0 Å². The molecule has 2 aromatic rings. The fourth-order valence-corrected chi connectivity index (χ4v) is 2.87. The second-order valence-corrected chi connectivity index (χ2v) is 7.46. The number of methoxy groups -OCH3 is 1. The number of carbonyl (C=O) groups is 1. The molecular weight excluding hydrogens is 360 g/mol. The third-order valence-electron chi connectivity index (χ3n) is 3.50. The van der Waals surface area contributed by atoms with Crippen molar-refractivity contribution >= 4 is 15.9 Å². The summed E-state index contributed by atoms with van der Waals surface area (Å²) < 4.78 is 40.5. The molecule has 8 nitrogen and oxygen atoms in total. The van der Waals surface area contributed by atoms with Gasteiger partial charge in [-0.3, -0.25) is 4.79 Å². The zero-order valence-corrected chi connectivity index (χ0v) is 15.5. The van der Waals surface area contributed by atoms with Crippen LogP contribution in [0.5, 0.6) is 11.5 Å². The fourth-order valence-electron chi connectivity index (χ4n) is 2.11. The summed E-state index contributed by atoms with van der Waals surface area (Å²) in [5, 5.41) is 2.61. The molecule has 0 spiro atoms. The van der Waals surface area contributed by atoms with Gasteiger partial charge in [-0.1, -0.05) is 0 Å². The van der Waals surface area contributed by atoms with Crippen LogP contribution in [0.3, 0.4) is 0 Å². The molecule has 2 rings (SSSR count). The highest BCUT2D eigenvalue weighted by atomic mass is 32.2. The number of sulfonamides is 1. The van der Waals surface area contributed by atoms with Crippen LogP contribution in [0, 0.1) is 0 Å². The molecule has 0 atom stereocenters. The van der Waals surface area contributed by atoms with Crippen LogP contribution in [0.25, 0.3) is 0 Å². The summed E-state index contributed by atoms with van der Waals surface area (Å²) in [5.41, 5.74) is 0. The van der Waals surface area contributed by atoms with Gasteiger partial charge in [0.05, 0.1) is 32.7 Å². The van der Waals surface area contributed by atoms with Gasteiger partial charge in [-0.25, -0.2) is 8.42 Å². The topological polar surface area (TPSA) is 98.1 Å². The van der Waals surface area contributed by atoms with Gasteiger partial charge in [-0.2, -0.15) is 4.31 Å². The number of nitrogens with zero attached hydrogens (tertiary/aromatic N) is 1. The normalized spacial score (nSPS) is 11.3. The van der Waals surface area contributed by atoms with Crippen LogP contribution in [-0.2, 0) is 21.4 Å². The van der Waals surface area contributed by atoms with E-state index in [9.17, 15) is 13.2 Å². The minimum Gasteiger partial charge on any atom is -0.497 e. The van der Waals surface area contributed by atoms with Crippen LogP contribution in [0.4, 0.5) is 0 Å². The zero-order valence-electron chi connectivity index (χ0n) is 14.7. The molecule has 0 saturated carbocycles. The molecule has 26 heavy (non-hydrogen) atoms. The highest BCUT2D eigenvalue weighted by Gasteiger charge is 2.20. The van der Waals surface area contributed by atoms with Gasteiger partial charge < -0.3 is 19.2 Å². The van der Waals surface area contributed by atoms with Crippen molar-refractivity contribution in [3.63, 3.8) is 0 Å². The van der Waals surface area contributed by atoms with Crippen molar-refractivity contribution in [1.82, 2.24) is 9.62 Å². The second-order valence-electron chi connectivity index (χ2n) is 5.48. The van der Waals surface area contributed by atoms with Crippen LogP contribution in [0.15, 0.2) is 47.1 Å². The Morgan fingerprint density at radius 1 is 1.19 bits per heavy atom. The Kier molecular flexibility index (Phi) is 7.05. The largest absolute Gasteiger partial charge is 0.497 e. The Labute approximate surface area is 152 Å². The molecule has 1 amide bonds. The lowest BCUT2D eigenvalue weighted by Crippen LogP contribution is -2.41. The first kappa shape index (κ1) is 19.8. The summed E-state index contributed by atoms with van der Waals surface area (Å²) in [5.74, 6) is 1.45. The minimum atomic E-state index is -3.55. The lowest BCUT2D eigenvalue weighted by atomic mass is 10.3. The number of carbonyl (C=O) groups excluding carboxylic acids is 1. The van der Waals surface area contributed by atoms with Crippen molar-refractivity contribution in [2.75, 3.05) is 33.1 Å². The molecule has 1 aromatic carbocycles. The van der Waals surface area contributed by atoms with E-state index in [4.69, 9.17) is 13.9 Å². The van der Waals surface area contributed by atoms with E-state index >= 15 is 0 Å². The highest BCUT2D eigenvalue weighted by Crippen LogP contribution is 2.17. The monoisotopic (exact) mass is 382 g/mol. The van der Waals surface area contributed by atoms with Crippen LogP contribution in [-0.4, -0.2) is 51.7 Å². The number of ether oxygens (including phenoxy) is 2. The van der Waals surface area contributed by atoms with Crippen molar-refractivity contribution in [1.29, 1.82) is 0 Å². The van der Waals surface area contributed by atoms with E-state index in [1.165, 1.54) is 6.26 Å². The third kappa shape index (κ3) is 6.41. The Hall–Kier alpha value is -2.52. The number of hydrogen-bond acceptors (Lipinski definition) is 6. The van der Waals surface area contributed by atoms with Crippen LogP contribution in [0.1, 0.15) is 5.76 Å². The molecule has 142 valence electrons. The molecule has 0 bridgehead atoms. The molecule has 0 fully saturated rings. The minimum absolute atomic E-state index is 0.0546. The second kappa shape index (κ2) is 9.25. The molecule has 0 unspecified atom stereocenters. The van der Waals surface area contributed by atoms with Gasteiger partial charge >= 0.3 is 0 Å². The first-order valence-corrected chi connectivity index (χ1v) is 9.74. The predicted octanol–water partition coefficient (Wildman–Crippen LogP) is 1.24. The van der Waals surface area contributed by atoms with Gasteiger partial charge in [0.25, 0.3) is 0 Å². The van der Waals surface area contributed by atoms with Crippen molar-refractivity contribution in [2.24, 2.45) is 0 Å². The van der Waals surface area contributed by atoms with Crippen molar-refractivity contribution in [2.45, 2.75) is 6.54 Å². The number of furan rings is 1. The molecule has 9 heteroatoms. The van der Waals surface area contributed by atoms with Gasteiger partial charge in [0.2, 0.25) is 15.9 Å². The molecule has 0 saturated heterocycles. The number of nitrogens with one attached hydrogen (secondary N) is 1. The maximum Gasteiger partial charge on any atom is 0.235 e. The summed E-state index contributed by atoms with van der Waals surface area (Å²) in [7, 11) is -1.98. The van der Waals surface area contributed by atoms with E-state index < -0.39 is 15.9 Å². The number of rotatable bonds is 10. The molecule has 1 N–H and O–H groups in total. The maximum atomic E-state index is 12.0. The molecule has 0 aliphatic rings. The summed E-state index contributed by atoms with van der Waals surface area (Å²) in [6.45, 7) is 0.0845. The number of hydrogen-bond donors (Lipinski definition) is 1. The van der Waals surface area contributed by atoms with E-state index in [1.54, 1.807) is 43.5 Å². The Bertz CT molecular complexity index is 787. The van der Waals surface area contributed by atoms with Crippen molar-refractivity contribution < 1.29 is 27.1 Å². The van der Waals surface area contributed by atoms with Crippen molar-refractivity contribution in [3.05, 3.63) is 48.4 Å². The standard InChI is InChI=1S/C17H22N2O6S/c1-23-14-5-7-15(8-6-14)25-11-9-19(26(2,21)22)13-17(20)18-12-16-4-3-10-24-16/h3-8,10H,9,11-13H2,1-2H3,(H,18,20). The molecule has 0 aliphatic heterocycles. The molecular formula is C17H22N2O6S. The predicted molar refractivity (Wildman–Crippen MR) is 95.5 cm³/mol. The Morgan fingerprint density at radius 3 is 2.46 bits per heavy atom. The van der Waals surface area contributed by atoms with Gasteiger partial charge in [-0.15, -0.1) is 0 Å². The van der Waals surface area contributed by atoms with Gasteiger partial charge in [0, 0.05) is 6.54 Å². The van der Waals surface area contributed by atoms with Gasteiger partial charge in [0.1, 0.15) is 23.9 Å². The molecule has 1 heterocycles. The lowest BCUT2D eigenvalue weighted by Gasteiger charge is -2.19. The average molecular weight is 382 g/mol. The summed E-state index contributed by atoms with van der Waals surface area (Å²) in [6, 6.07) is 10.4. The fraction of sp³-hybridized carbons (Fsp3) is 0.353. The Balaban J connectivity index is 1.83. The average Bonchev–Trinajstić information content (AvgIpc) is 3.12. The SMILES string of the molecule is COc1ccc(OCCN(CC(=O)NCc2ccco2)S(C)(=O)=O)cc1. The quantitative estimate of drug-likeness (QED) is 0.664. The van der Waals surface area contributed by atoms with E-state index in [-0.39, 0.29) is 26.2 Å². The zero-order chi connectivity index (χ0) is 19.0. The third-order valence-corrected chi connectivity index (χ3v) is 4.75. The van der Waals surface area contributed by atoms with Gasteiger partial charge in [-0.05, 0) is 36.4 Å². The number of benzene rings is 1. The molecule has 0 radical (unpaired) electrons. The van der Waals surface area contributed by atoms with Crippen LogP contribution >= 0.6 is 0 Å². The van der Waals surface area contributed by atoms with Crippen LogP contribution in [0.2, 0.25) is 0 Å². The van der Waals surface area contributed by atoms with Gasteiger partial charge in [0.15, 0.2) is 0 Å². The lowest BCUT2D eigenvalue weighted by molar-refractivity contribution is -0.121. The Morgan fingerprint density at radius 2 is 1.88 bits per heavy atom. The van der Waals surface area contributed by atoms with E-state index in [0.717, 1.165) is 10.6 Å². The smallest absolute Gasteiger partial charge is 0.235 e. The number of amides is 1. The first-order valence-electron chi connectivity index (χ1n) is 7.89. The van der Waals surface area contributed by atoms with Crippen molar-refractivity contribution in [3.8, 4) is 11.5 Å². The van der Waals surface area contributed by atoms with Crippen LogP contribution < -0.4 is 14.8 Å². The first-order chi connectivity index (χ1) is 12.4. The summed E-state index contributed by atoms with van der Waals surface area (Å²) in [6.07, 6.45) is 2.56. The maximum absolute atomic E-state index is 12.0. The molecule has 1 aromatic heterocycles.